The molecule has 0 aromatic heterocycles. The van der Waals surface area contributed by atoms with E-state index in [0.717, 1.165) is 11.3 Å². The van der Waals surface area contributed by atoms with E-state index in [2.05, 4.69) is 5.32 Å². The van der Waals surface area contributed by atoms with Gasteiger partial charge >= 0.3 is 0 Å². The molecule has 7 nitrogen and oxygen atoms in total. The molecule has 0 atom stereocenters. The summed E-state index contributed by atoms with van der Waals surface area (Å²) in [6.07, 6.45) is 3.23. The minimum absolute atomic E-state index is 0.203. The molecule has 0 aliphatic heterocycles. The van der Waals surface area contributed by atoms with E-state index in [1.165, 1.54) is 18.2 Å². The van der Waals surface area contributed by atoms with Gasteiger partial charge in [0.05, 0.1) is 6.54 Å². The molecule has 2 rings (SSSR count). The molecule has 0 aliphatic rings. The standard InChI is InChI=1S/C20H23N3O4/c1-23(2)17-8-3-15(4-9-17)5-12-19(24)21-13-14-27-18-10-6-16(7-11-18)20(25)22-26/h3-12,26H,13-14H2,1-2H3,(H,21,24)(H,22,25)/b12-5+. The predicted molar refractivity (Wildman–Crippen MR) is 104 cm³/mol. The van der Waals surface area contributed by atoms with Gasteiger partial charge in [0, 0.05) is 31.4 Å². The van der Waals surface area contributed by atoms with Gasteiger partial charge < -0.3 is 15.0 Å². The van der Waals surface area contributed by atoms with Crippen LogP contribution in [0.2, 0.25) is 0 Å². The number of hydrogen-bond acceptors (Lipinski definition) is 5. The van der Waals surface area contributed by atoms with Crippen molar-refractivity contribution in [2.75, 3.05) is 32.1 Å². The van der Waals surface area contributed by atoms with E-state index >= 15 is 0 Å². The first-order valence-electron chi connectivity index (χ1n) is 8.40. The Morgan fingerprint density at radius 1 is 1.07 bits per heavy atom. The minimum Gasteiger partial charge on any atom is -0.492 e. The number of hydrogen-bond donors (Lipinski definition) is 3. The zero-order valence-corrected chi connectivity index (χ0v) is 15.3. The Morgan fingerprint density at radius 2 is 1.74 bits per heavy atom. The number of anilines is 1. The summed E-state index contributed by atoms with van der Waals surface area (Å²) in [5.74, 6) is -0.225. The quantitative estimate of drug-likeness (QED) is 0.287. The molecule has 0 aliphatic carbocycles. The average Bonchev–Trinajstić information content (AvgIpc) is 2.69. The highest BCUT2D eigenvalue weighted by Crippen LogP contribution is 2.13. The van der Waals surface area contributed by atoms with E-state index in [0.29, 0.717) is 24.5 Å². The monoisotopic (exact) mass is 369 g/mol. The van der Waals surface area contributed by atoms with Crippen LogP contribution in [0.1, 0.15) is 15.9 Å². The number of benzene rings is 2. The van der Waals surface area contributed by atoms with E-state index in [1.807, 2.05) is 43.3 Å². The Morgan fingerprint density at radius 3 is 2.33 bits per heavy atom. The van der Waals surface area contributed by atoms with E-state index in [1.54, 1.807) is 23.7 Å². The van der Waals surface area contributed by atoms with Crippen LogP contribution < -0.4 is 20.4 Å². The third-order valence-corrected chi connectivity index (χ3v) is 3.72. The molecule has 3 N–H and O–H groups in total. The van der Waals surface area contributed by atoms with Gasteiger partial charge in [0.15, 0.2) is 0 Å². The summed E-state index contributed by atoms with van der Waals surface area (Å²) in [5.41, 5.74) is 3.92. The van der Waals surface area contributed by atoms with Crippen molar-refractivity contribution in [1.82, 2.24) is 10.8 Å². The van der Waals surface area contributed by atoms with Crippen molar-refractivity contribution in [3.05, 3.63) is 65.7 Å². The fraction of sp³-hybridized carbons (Fsp3) is 0.200. The Balaban J connectivity index is 1.72. The van der Waals surface area contributed by atoms with Crippen LogP contribution in [0.15, 0.2) is 54.6 Å². The molecule has 2 amide bonds. The number of hydroxylamine groups is 1. The lowest BCUT2D eigenvalue weighted by atomic mass is 10.2. The number of nitrogens with zero attached hydrogens (tertiary/aromatic N) is 1. The van der Waals surface area contributed by atoms with Crippen LogP contribution in [-0.2, 0) is 4.79 Å². The summed E-state index contributed by atoms with van der Waals surface area (Å²) in [7, 11) is 3.95. The van der Waals surface area contributed by atoms with E-state index in [4.69, 9.17) is 9.94 Å². The Bertz CT molecular complexity index is 784. The second kappa shape index (κ2) is 9.98. The zero-order valence-electron chi connectivity index (χ0n) is 15.3. The summed E-state index contributed by atoms with van der Waals surface area (Å²) < 4.78 is 5.49. The molecule has 0 fully saturated rings. The molecule has 0 bridgehead atoms. The molecule has 142 valence electrons. The van der Waals surface area contributed by atoms with Crippen LogP contribution in [-0.4, -0.2) is 44.3 Å². The van der Waals surface area contributed by atoms with Gasteiger partial charge in [0.1, 0.15) is 12.4 Å². The lowest BCUT2D eigenvalue weighted by Gasteiger charge is -2.11. The Kier molecular flexibility index (Phi) is 7.39. The summed E-state index contributed by atoms with van der Waals surface area (Å²) in [4.78, 5) is 25.0. The smallest absolute Gasteiger partial charge is 0.274 e. The molecule has 2 aromatic carbocycles. The second-order valence-electron chi connectivity index (χ2n) is 5.92. The lowest BCUT2D eigenvalue weighted by molar-refractivity contribution is -0.116. The minimum atomic E-state index is -0.586. The predicted octanol–water partition coefficient (Wildman–Crippen LogP) is 2.08. The molecule has 0 saturated heterocycles. The maximum absolute atomic E-state index is 11.8. The van der Waals surface area contributed by atoms with E-state index in [9.17, 15) is 9.59 Å². The maximum atomic E-state index is 11.8. The van der Waals surface area contributed by atoms with Gasteiger partial charge in [-0.2, -0.15) is 0 Å². The van der Waals surface area contributed by atoms with Gasteiger partial charge in [-0.15, -0.1) is 0 Å². The molecule has 27 heavy (non-hydrogen) atoms. The highest BCUT2D eigenvalue weighted by molar-refractivity contribution is 5.93. The number of carbonyl (C=O) groups excluding carboxylic acids is 2. The van der Waals surface area contributed by atoms with E-state index in [-0.39, 0.29) is 5.91 Å². The molecule has 0 heterocycles. The van der Waals surface area contributed by atoms with Crippen molar-refractivity contribution in [2.24, 2.45) is 0 Å². The van der Waals surface area contributed by atoms with E-state index < -0.39 is 5.91 Å². The summed E-state index contributed by atoms with van der Waals surface area (Å²) in [5, 5.41) is 11.3. The largest absolute Gasteiger partial charge is 0.492 e. The van der Waals surface area contributed by atoms with Gasteiger partial charge in [-0.25, -0.2) is 5.48 Å². The third-order valence-electron chi connectivity index (χ3n) is 3.72. The number of nitrogens with one attached hydrogen (secondary N) is 2. The van der Waals surface area contributed by atoms with Gasteiger partial charge in [0.25, 0.3) is 5.91 Å². The fourth-order valence-corrected chi connectivity index (χ4v) is 2.22. The zero-order chi connectivity index (χ0) is 19.6. The molecule has 0 spiro atoms. The Labute approximate surface area is 158 Å². The maximum Gasteiger partial charge on any atom is 0.274 e. The molecular formula is C20H23N3O4. The molecule has 2 aromatic rings. The molecule has 0 radical (unpaired) electrons. The first-order chi connectivity index (χ1) is 13.0. The number of rotatable bonds is 8. The van der Waals surface area contributed by atoms with Crippen molar-refractivity contribution in [3.8, 4) is 5.75 Å². The van der Waals surface area contributed by atoms with Gasteiger partial charge in [-0.3, -0.25) is 14.8 Å². The van der Waals surface area contributed by atoms with Crippen molar-refractivity contribution in [3.63, 3.8) is 0 Å². The highest BCUT2D eigenvalue weighted by atomic mass is 16.5. The molecular weight excluding hydrogens is 346 g/mol. The van der Waals surface area contributed by atoms with Crippen molar-refractivity contribution in [2.45, 2.75) is 0 Å². The topological polar surface area (TPSA) is 90.9 Å². The number of carbonyl (C=O) groups is 2. The summed E-state index contributed by atoms with van der Waals surface area (Å²) in [6.45, 7) is 0.643. The van der Waals surface area contributed by atoms with Crippen LogP contribution in [0.3, 0.4) is 0 Å². The Hall–Kier alpha value is -3.32. The third kappa shape index (κ3) is 6.48. The first kappa shape index (κ1) is 20.0. The van der Waals surface area contributed by atoms with Crippen LogP contribution in [0.25, 0.3) is 6.08 Å². The normalized spacial score (nSPS) is 10.5. The van der Waals surface area contributed by atoms with Crippen molar-refractivity contribution in [1.29, 1.82) is 0 Å². The number of ether oxygens (including phenoxy) is 1. The second-order valence-corrected chi connectivity index (χ2v) is 5.92. The van der Waals surface area contributed by atoms with Gasteiger partial charge in [-0.1, -0.05) is 12.1 Å². The lowest BCUT2D eigenvalue weighted by Crippen LogP contribution is -2.26. The van der Waals surface area contributed by atoms with Gasteiger partial charge in [-0.05, 0) is 48.0 Å². The average molecular weight is 369 g/mol. The van der Waals surface area contributed by atoms with Crippen LogP contribution >= 0.6 is 0 Å². The summed E-state index contributed by atoms with van der Waals surface area (Å²) >= 11 is 0. The van der Waals surface area contributed by atoms with Crippen molar-refractivity contribution >= 4 is 23.6 Å². The SMILES string of the molecule is CN(C)c1ccc(/C=C/C(=O)NCCOc2ccc(C(=O)NO)cc2)cc1. The fourth-order valence-electron chi connectivity index (χ4n) is 2.22. The number of amides is 2. The first-order valence-corrected chi connectivity index (χ1v) is 8.40. The van der Waals surface area contributed by atoms with Crippen LogP contribution in [0.4, 0.5) is 5.69 Å². The highest BCUT2D eigenvalue weighted by Gasteiger charge is 2.03. The molecule has 0 unspecified atom stereocenters. The van der Waals surface area contributed by atoms with Crippen LogP contribution in [0.5, 0.6) is 5.75 Å². The summed E-state index contributed by atoms with van der Waals surface area (Å²) in [6, 6.07) is 14.2. The van der Waals surface area contributed by atoms with Crippen molar-refractivity contribution < 1.29 is 19.5 Å². The van der Waals surface area contributed by atoms with Crippen LogP contribution in [0, 0.1) is 0 Å². The molecule has 0 saturated carbocycles. The molecule has 7 heteroatoms. The van der Waals surface area contributed by atoms with Gasteiger partial charge in [0.2, 0.25) is 5.91 Å².